The number of alkyl halides is 6. The molecule has 0 bridgehead atoms. The van der Waals surface area contributed by atoms with Gasteiger partial charge in [-0.25, -0.2) is 24.1 Å². The van der Waals surface area contributed by atoms with Gasteiger partial charge < -0.3 is 10.4 Å². The average Bonchev–Trinajstić information content (AvgIpc) is 3.48. The lowest BCUT2D eigenvalue weighted by molar-refractivity contribution is -0.207. The number of hydrogen-bond acceptors (Lipinski definition) is 7. The summed E-state index contributed by atoms with van der Waals surface area (Å²) >= 11 is 5.88. The number of halogens is 7. The number of carbonyl (C=O) groups is 1. The number of benzene rings is 1. The van der Waals surface area contributed by atoms with Gasteiger partial charge in [0, 0.05) is 16.8 Å². The fraction of sp³-hybridized carbons (Fsp3) is 0.333. The van der Waals surface area contributed by atoms with Crippen LogP contribution < -0.4 is 11.0 Å². The summed E-state index contributed by atoms with van der Waals surface area (Å²) in [6, 6.07) is 8.52. The van der Waals surface area contributed by atoms with Crippen molar-refractivity contribution in [3.8, 4) is 17.1 Å². The van der Waals surface area contributed by atoms with Crippen LogP contribution in [-0.2, 0) is 13.1 Å². The van der Waals surface area contributed by atoms with Crippen LogP contribution in [-0.4, -0.2) is 69.1 Å². The minimum Gasteiger partial charge on any atom is -0.382 e. The Morgan fingerprint density at radius 3 is 2.38 bits per heavy atom. The molecule has 3 heterocycles. The van der Waals surface area contributed by atoms with Crippen LogP contribution in [0.3, 0.4) is 0 Å². The molecule has 222 valence electrons. The van der Waals surface area contributed by atoms with E-state index in [1.54, 1.807) is 0 Å². The molecule has 1 unspecified atom stereocenters. The molecule has 5 rings (SSSR count). The van der Waals surface area contributed by atoms with Gasteiger partial charge in [-0.2, -0.15) is 26.3 Å². The van der Waals surface area contributed by atoms with Crippen molar-refractivity contribution < 1.29 is 36.2 Å². The van der Waals surface area contributed by atoms with Gasteiger partial charge in [-0.15, -0.1) is 10.2 Å². The fourth-order valence-electron chi connectivity index (χ4n) is 4.05. The quantitative estimate of drug-likeness (QED) is 0.291. The first-order valence-electron chi connectivity index (χ1n) is 12.1. The van der Waals surface area contributed by atoms with Crippen molar-refractivity contribution in [2.45, 2.75) is 49.9 Å². The predicted octanol–water partition coefficient (Wildman–Crippen LogP) is 3.14. The van der Waals surface area contributed by atoms with E-state index in [0.29, 0.717) is 9.59 Å². The second kappa shape index (κ2) is 10.5. The zero-order valence-corrected chi connectivity index (χ0v) is 21.8. The largest absolute Gasteiger partial charge is 0.416 e. The molecule has 11 nitrogen and oxygen atoms in total. The van der Waals surface area contributed by atoms with Crippen molar-refractivity contribution in [3.05, 3.63) is 75.9 Å². The lowest BCUT2D eigenvalue weighted by Gasteiger charge is -2.20. The molecule has 0 spiro atoms. The third kappa shape index (κ3) is 5.74. The zero-order valence-electron chi connectivity index (χ0n) is 21.1. The molecule has 42 heavy (non-hydrogen) atoms. The van der Waals surface area contributed by atoms with Gasteiger partial charge in [0.1, 0.15) is 18.4 Å². The Morgan fingerprint density at radius 1 is 1.07 bits per heavy atom. The van der Waals surface area contributed by atoms with Gasteiger partial charge in [0.05, 0.1) is 12.2 Å². The van der Waals surface area contributed by atoms with Crippen molar-refractivity contribution in [1.29, 1.82) is 0 Å². The maximum absolute atomic E-state index is 13.3. The summed E-state index contributed by atoms with van der Waals surface area (Å²) in [5.41, 5.74) is -3.48. The van der Waals surface area contributed by atoms with E-state index in [1.165, 1.54) is 42.6 Å². The van der Waals surface area contributed by atoms with E-state index >= 15 is 0 Å². The van der Waals surface area contributed by atoms with Crippen LogP contribution in [0.4, 0.5) is 26.3 Å². The average molecular weight is 617 g/mol. The summed E-state index contributed by atoms with van der Waals surface area (Å²) in [7, 11) is 0. The lowest BCUT2D eigenvalue weighted by Crippen LogP contribution is -2.48. The second-order valence-corrected chi connectivity index (χ2v) is 9.89. The van der Waals surface area contributed by atoms with Crippen LogP contribution >= 0.6 is 11.6 Å². The summed E-state index contributed by atoms with van der Waals surface area (Å²) in [5.74, 6) is -1.35. The molecule has 1 aliphatic rings. The standard InChI is InChI=1S/C24H19ClF6N8O3/c25-14-5-3-13(4-6-14)19-36-38(21(42)37(19)10-16(40)23(26,27)28)11-17-33-12-39(35-17)15-2-1-9-32-18(15)20(41)34-22(7-8-22)24(29,30)31/h1-6,9,12,16,40H,7-8,10-11H2,(H,34,41). The van der Waals surface area contributed by atoms with Crippen molar-refractivity contribution in [1.82, 2.24) is 39.4 Å². The third-order valence-electron chi connectivity index (χ3n) is 6.48. The zero-order chi connectivity index (χ0) is 30.4. The van der Waals surface area contributed by atoms with Crippen molar-refractivity contribution in [3.63, 3.8) is 0 Å². The van der Waals surface area contributed by atoms with Gasteiger partial charge in [-0.05, 0) is 49.2 Å². The van der Waals surface area contributed by atoms with Gasteiger partial charge in [-0.3, -0.25) is 9.36 Å². The van der Waals surface area contributed by atoms with Crippen LogP contribution in [0, 0.1) is 0 Å². The van der Waals surface area contributed by atoms with Gasteiger partial charge in [0.15, 0.2) is 23.4 Å². The molecule has 0 saturated heterocycles. The summed E-state index contributed by atoms with van der Waals surface area (Å²) in [4.78, 5) is 33.7. The smallest absolute Gasteiger partial charge is 0.382 e. The molecule has 18 heteroatoms. The number of aliphatic hydroxyl groups excluding tert-OH is 1. The SMILES string of the molecule is O=C(NC1(C(F)(F)F)CC1)c1ncccc1-n1cnc(Cn2nc(-c3ccc(Cl)cc3)n(CC(O)C(F)(F)F)c2=O)n1. The Balaban J connectivity index is 1.44. The normalized spacial score (nSPS) is 15.4. The molecule has 3 aromatic heterocycles. The molecule has 1 fully saturated rings. The topological polar surface area (TPSA) is 133 Å². The van der Waals surface area contributed by atoms with E-state index in [2.05, 4.69) is 20.2 Å². The number of aromatic nitrogens is 7. The second-order valence-electron chi connectivity index (χ2n) is 9.45. The number of hydrogen-bond donors (Lipinski definition) is 2. The molecule has 1 amide bonds. The number of nitrogens with one attached hydrogen (secondary N) is 1. The van der Waals surface area contributed by atoms with Crippen LogP contribution in [0.1, 0.15) is 29.2 Å². The Kier molecular flexibility index (Phi) is 7.34. The maximum atomic E-state index is 13.3. The number of carbonyl (C=O) groups excluding carboxylic acids is 1. The summed E-state index contributed by atoms with van der Waals surface area (Å²) < 4.78 is 81.8. The maximum Gasteiger partial charge on any atom is 0.416 e. The van der Waals surface area contributed by atoms with Crippen LogP contribution in [0.25, 0.3) is 17.1 Å². The number of amides is 1. The first-order chi connectivity index (χ1) is 19.7. The predicted molar refractivity (Wildman–Crippen MR) is 133 cm³/mol. The molecule has 0 aliphatic heterocycles. The molecule has 2 N–H and O–H groups in total. The van der Waals surface area contributed by atoms with Gasteiger partial charge in [0.25, 0.3) is 5.91 Å². The Labute approximate surface area is 236 Å². The lowest BCUT2D eigenvalue weighted by atomic mass is 10.2. The highest BCUT2D eigenvalue weighted by Gasteiger charge is 2.64. The molecule has 1 saturated carbocycles. The highest BCUT2D eigenvalue weighted by Crippen LogP contribution is 2.49. The Bertz CT molecular complexity index is 1670. The summed E-state index contributed by atoms with van der Waals surface area (Å²) in [6.07, 6.45) is -10.7. The van der Waals surface area contributed by atoms with E-state index < -0.39 is 48.7 Å². The van der Waals surface area contributed by atoms with E-state index in [-0.39, 0.29) is 41.4 Å². The van der Waals surface area contributed by atoms with Crippen molar-refractivity contribution in [2.24, 2.45) is 0 Å². The fourth-order valence-corrected chi connectivity index (χ4v) is 4.18. The minimum atomic E-state index is -5.01. The van der Waals surface area contributed by atoms with E-state index in [4.69, 9.17) is 11.6 Å². The monoisotopic (exact) mass is 616 g/mol. The third-order valence-corrected chi connectivity index (χ3v) is 6.73. The highest BCUT2D eigenvalue weighted by atomic mass is 35.5. The van der Waals surface area contributed by atoms with E-state index in [1.807, 2.05) is 5.32 Å². The number of rotatable bonds is 8. The van der Waals surface area contributed by atoms with Crippen LogP contribution in [0.5, 0.6) is 0 Å². The highest BCUT2D eigenvalue weighted by molar-refractivity contribution is 6.30. The first kappa shape index (κ1) is 29.2. The van der Waals surface area contributed by atoms with Crippen LogP contribution in [0.15, 0.2) is 53.7 Å². The molecular formula is C24H19ClF6N8O3. The molecular weight excluding hydrogens is 598 g/mol. The summed E-state index contributed by atoms with van der Waals surface area (Å²) in [6.45, 7) is -1.59. The number of nitrogens with zero attached hydrogens (tertiary/aromatic N) is 7. The Hall–Kier alpha value is -4.25. The van der Waals surface area contributed by atoms with E-state index in [0.717, 1.165) is 15.7 Å². The molecule has 4 aromatic rings. The van der Waals surface area contributed by atoms with Gasteiger partial charge in [-0.1, -0.05) is 11.6 Å². The molecule has 1 atom stereocenters. The Morgan fingerprint density at radius 2 is 1.76 bits per heavy atom. The minimum absolute atomic E-state index is 0.0141. The van der Waals surface area contributed by atoms with Crippen molar-refractivity contribution >= 4 is 17.5 Å². The summed E-state index contributed by atoms with van der Waals surface area (Å²) in [5, 5.41) is 20.2. The molecule has 0 radical (unpaired) electrons. The number of aliphatic hydroxyl groups is 1. The van der Waals surface area contributed by atoms with Gasteiger partial charge in [0.2, 0.25) is 0 Å². The van der Waals surface area contributed by atoms with Crippen LogP contribution in [0.2, 0.25) is 5.02 Å². The molecule has 1 aromatic carbocycles. The van der Waals surface area contributed by atoms with Gasteiger partial charge >= 0.3 is 18.0 Å². The molecule has 1 aliphatic carbocycles. The number of pyridine rings is 1. The van der Waals surface area contributed by atoms with E-state index in [9.17, 15) is 41.0 Å². The van der Waals surface area contributed by atoms with Crippen molar-refractivity contribution in [2.75, 3.05) is 0 Å². The first-order valence-corrected chi connectivity index (χ1v) is 12.5.